The third-order valence-corrected chi connectivity index (χ3v) is 26.5. The topological polar surface area (TPSA) is 297 Å². The Bertz CT molecular complexity index is 7050. The Kier molecular flexibility index (Phi) is 26.7. The molecule has 0 spiro atoms. The highest BCUT2D eigenvalue weighted by molar-refractivity contribution is 6.26. The first-order valence-corrected chi connectivity index (χ1v) is 49.5. The standard InChI is InChI=1S/C116H120N16O12/c1-113(2,3)77-55-93-89-35-36-90-94-56-78(114(4,5)6)60-98-102-70-130(126-122-102)66-74-21-29-82(30-22-74)138-48-40-134-44-52-143-87-17-14-18-88(64-87)144-54-46-136-42-50-140-84-33-25-76(26-34-84)68-132-72-104(124-128-132)100-62-80(116(10,11)12)58-96-92-38-37-91-95-57-79(115(7,8)9)61-99(107(95)119-111(91)112(92)120-108(96)100)103-71-131(127-123-103)67-75-23-31-83(32-24-75)139-49-41-135-45-53-142-86-16-13-15-85(63-86)141-51-43-133-39-47-137-81-27-19-73(20-28-81)65-129-69-101(121-125-129)97(59-77)105(93)117-109(89)110(90)118-106(94)98/h13-38,55-64,69-72,117-120H,39-54,65-68H2,1-12H3. The lowest BCUT2D eigenvalue weighted by Gasteiger charge is -2.20. The van der Waals surface area contributed by atoms with Gasteiger partial charge in [0.1, 0.15) is 122 Å². The number of aromatic nitrogens is 16. The Morgan fingerprint density at radius 1 is 0.208 bits per heavy atom. The zero-order chi connectivity index (χ0) is 98.8. The van der Waals surface area contributed by atoms with Crippen molar-refractivity contribution in [2.45, 2.75) is 131 Å². The van der Waals surface area contributed by atoms with Crippen molar-refractivity contribution >= 4 is 87.2 Å². The highest BCUT2D eigenvalue weighted by atomic mass is 16.6. The Hall–Kier alpha value is -15.4. The van der Waals surface area contributed by atoms with E-state index in [9.17, 15) is 0 Å². The summed E-state index contributed by atoms with van der Waals surface area (Å²) in [6.45, 7) is 35.1. The van der Waals surface area contributed by atoms with Gasteiger partial charge in [0.25, 0.3) is 0 Å². The van der Waals surface area contributed by atoms with E-state index in [2.05, 4.69) is 224 Å². The summed E-state index contributed by atoms with van der Waals surface area (Å²) in [4.78, 5) is 15.7. The van der Waals surface area contributed by atoms with Crippen LogP contribution in [0.15, 0.2) is 243 Å². The number of rotatable bonds is 0. The van der Waals surface area contributed by atoms with Gasteiger partial charge in [0.2, 0.25) is 0 Å². The van der Waals surface area contributed by atoms with Crippen LogP contribution in [0.2, 0.25) is 0 Å². The minimum Gasteiger partial charge on any atom is -0.491 e. The zero-order valence-corrected chi connectivity index (χ0v) is 83.5. The van der Waals surface area contributed by atoms with E-state index in [4.69, 9.17) is 98.1 Å². The predicted octanol–water partition coefficient (Wildman–Crippen LogP) is 22.9. The highest BCUT2D eigenvalue weighted by Crippen LogP contribution is 2.47. The Balaban J connectivity index is 0.469. The SMILES string of the molecule is CC(C)(C)c1cc2c3[nH]c4c(ccc5c6cc(C(C)(C)C)cc(c6[nH]c54)-c4cn(nn4)Cc4ccc(cc4)OCCOCCOc4cccc(c4)OCCOCCOc4ccc(cc4)Cn4cc(nn4)-c4cc(C(C)(C)C)cc5c4[nH]c4c5ccc5c6cc(C(C)(C)C)cc(c6[nH]c54)-c4cn(nn4)Cc4ccc(cc4)OCCOCCOc4cccc(c4)OCCOCCOc4ccc(cc4)Cn4cc-2nn4)c3c1. The minimum atomic E-state index is -0.163. The van der Waals surface area contributed by atoms with Crippen molar-refractivity contribution in [3.8, 4) is 91.0 Å². The second-order valence-corrected chi connectivity index (χ2v) is 41.1. The first kappa shape index (κ1) is 94.9. The predicted molar refractivity (Wildman–Crippen MR) is 563 cm³/mol. The van der Waals surface area contributed by atoms with Gasteiger partial charge in [-0.3, -0.25) is 0 Å². The van der Waals surface area contributed by atoms with E-state index in [0.717, 1.165) is 178 Å². The summed E-state index contributed by atoms with van der Waals surface area (Å²) < 4.78 is 79.8. The summed E-state index contributed by atoms with van der Waals surface area (Å²) in [6, 6.07) is 74.8. The lowest BCUT2D eigenvalue weighted by Crippen LogP contribution is -2.13. The molecule has 0 unspecified atom stereocenters. The van der Waals surface area contributed by atoms with Gasteiger partial charge in [-0.25, -0.2) is 18.7 Å². The maximum Gasteiger partial charge on any atom is 0.123 e. The molecule has 12 aromatic carbocycles. The van der Waals surface area contributed by atoms with Crippen LogP contribution in [0.4, 0.5) is 0 Å². The number of benzene rings is 12. The number of nitrogens with zero attached hydrogens (tertiary/aromatic N) is 12. The van der Waals surface area contributed by atoms with Crippen molar-refractivity contribution < 1.29 is 56.8 Å². The molecule has 0 amide bonds. The summed E-state index contributed by atoms with van der Waals surface area (Å²) in [7, 11) is 0. The van der Waals surface area contributed by atoms with Crippen molar-refractivity contribution in [1.29, 1.82) is 0 Å². The average Bonchev–Trinajstić information content (AvgIpc) is 1.56. The molecule has 15 heterocycles. The number of aromatic amines is 4. The van der Waals surface area contributed by atoms with E-state index in [1.807, 2.05) is 141 Å². The molecular formula is C116H120N16O12. The molecule has 736 valence electrons. The molecule has 0 saturated carbocycles. The number of H-pyrrole nitrogens is 4. The molecular weight excluding hydrogens is 1810 g/mol. The number of fused-ring (bicyclic) bond motifs is 4. The fourth-order valence-electron chi connectivity index (χ4n) is 18.6. The second kappa shape index (κ2) is 40.6. The van der Waals surface area contributed by atoms with E-state index >= 15 is 0 Å². The number of hydrogen-bond acceptors (Lipinski definition) is 20. The largest absolute Gasteiger partial charge is 0.491 e. The number of nitrogens with one attached hydrogen (secondary N) is 4. The van der Waals surface area contributed by atoms with Crippen LogP contribution in [-0.4, -0.2) is 186 Å². The van der Waals surface area contributed by atoms with Gasteiger partial charge < -0.3 is 76.8 Å². The van der Waals surface area contributed by atoms with Crippen LogP contribution >= 0.6 is 0 Å². The molecule has 4 N–H and O–H groups in total. The molecule has 28 nitrogen and oxygen atoms in total. The Morgan fingerprint density at radius 3 is 0.611 bits per heavy atom. The molecule has 0 atom stereocenters. The third-order valence-electron chi connectivity index (χ3n) is 26.5. The van der Waals surface area contributed by atoms with E-state index < -0.39 is 0 Å². The van der Waals surface area contributed by atoms with Crippen molar-refractivity contribution in [2.24, 2.45) is 0 Å². The summed E-state index contributed by atoms with van der Waals surface area (Å²) in [5.41, 5.74) is 23.3. The minimum absolute atomic E-state index is 0.163. The lowest BCUT2D eigenvalue weighted by molar-refractivity contribution is 0.0747. The monoisotopic (exact) mass is 1930 g/mol. The van der Waals surface area contributed by atoms with Crippen molar-refractivity contribution in [2.75, 3.05) is 106 Å². The van der Waals surface area contributed by atoms with Crippen molar-refractivity contribution in [1.82, 2.24) is 79.9 Å². The smallest absolute Gasteiger partial charge is 0.123 e. The normalized spacial score (nSPS) is 14.9. The van der Waals surface area contributed by atoms with Gasteiger partial charge in [-0.15, -0.1) is 20.4 Å². The highest BCUT2D eigenvalue weighted by Gasteiger charge is 2.29. The van der Waals surface area contributed by atoms with Crippen molar-refractivity contribution in [3.63, 3.8) is 0 Å². The van der Waals surface area contributed by atoms with Crippen LogP contribution in [-0.2, 0) is 66.8 Å². The van der Waals surface area contributed by atoms with Gasteiger partial charge in [-0.2, -0.15) is 0 Å². The molecule has 27 rings (SSSR count). The molecule has 7 aliphatic rings. The van der Waals surface area contributed by atoms with Crippen LogP contribution < -0.4 is 37.9 Å². The van der Waals surface area contributed by atoms with Gasteiger partial charge in [0, 0.05) is 77.5 Å². The fourth-order valence-corrected chi connectivity index (χ4v) is 18.6. The van der Waals surface area contributed by atoms with Crippen LogP contribution in [0.5, 0.6) is 46.0 Å². The summed E-state index contributed by atoms with van der Waals surface area (Å²) in [5, 5.41) is 47.0. The van der Waals surface area contributed by atoms with Gasteiger partial charge in [0.05, 0.1) is 148 Å². The molecule has 28 heteroatoms. The van der Waals surface area contributed by atoms with E-state index in [-0.39, 0.29) is 21.7 Å². The second-order valence-electron chi connectivity index (χ2n) is 41.1. The molecule has 0 radical (unpaired) electrons. The molecule has 0 fully saturated rings. The van der Waals surface area contributed by atoms with E-state index in [1.54, 1.807) is 0 Å². The summed E-state index contributed by atoms with van der Waals surface area (Å²) in [5.74, 6) is 5.70. The Morgan fingerprint density at radius 2 is 0.410 bits per heavy atom. The molecule has 0 aliphatic carbocycles. The van der Waals surface area contributed by atoms with Gasteiger partial charge >= 0.3 is 0 Å². The first-order valence-electron chi connectivity index (χ1n) is 49.5. The van der Waals surface area contributed by atoms with Gasteiger partial charge in [0.15, 0.2) is 0 Å². The summed E-state index contributed by atoms with van der Waals surface area (Å²) >= 11 is 0. The van der Waals surface area contributed by atoms with Crippen LogP contribution in [0.25, 0.3) is 132 Å². The Labute approximate surface area is 834 Å². The van der Waals surface area contributed by atoms with Crippen LogP contribution in [0, 0.1) is 0 Å². The maximum atomic E-state index is 6.11. The molecule has 8 aromatic heterocycles. The fraction of sp³-hybridized carbons (Fsp3) is 0.310. The van der Waals surface area contributed by atoms with Crippen LogP contribution in [0.1, 0.15) is 128 Å². The average molecular weight is 1930 g/mol. The lowest BCUT2D eigenvalue weighted by atomic mass is 9.84. The maximum absolute atomic E-state index is 6.11. The van der Waals surface area contributed by atoms with Crippen LogP contribution in [0.3, 0.4) is 0 Å². The van der Waals surface area contributed by atoms with E-state index in [0.29, 0.717) is 155 Å². The zero-order valence-electron chi connectivity index (χ0n) is 83.5. The van der Waals surface area contributed by atoms with E-state index in [1.165, 1.54) is 22.3 Å². The quantitative estimate of drug-likeness (QED) is 0.110. The first-order chi connectivity index (χ1) is 69.8. The van der Waals surface area contributed by atoms with Gasteiger partial charge in [-0.05, 0) is 187 Å². The molecule has 7 aliphatic heterocycles. The molecule has 20 aromatic rings. The van der Waals surface area contributed by atoms with Crippen molar-refractivity contribution in [3.05, 3.63) is 288 Å². The number of ether oxygens (including phenoxy) is 12. The molecule has 28 bridgehead atoms. The van der Waals surface area contributed by atoms with Gasteiger partial charge in [-0.1, -0.05) is 189 Å². The summed E-state index contributed by atoms with van der Waals surface area (Å²) in [6.07, 6.45) is 8.13. The number of hydrogen-bond donors (Lipinski definition) is 4. The molecule has 144 heavy (non-hydrogen) atoms. The third kappa shape index (κ3) is 21.3. The molecule has 0 saturated heterocycles.